The van der Waals surface area contributed by atoms with E-state index in [0.29, 0.717) is 23.6 Å². The van der Waals surface area contributed by atoms with Crippen LogP contribution in [-0.2, 0) is 16.6 Å². The molecule has 6 nitrogen and oxygen atoms in total. The maximum Gasteiger partial charge on any atom is 0.264 e. The van der Waals surface area contributed by atoms with Gasteiger partial charge in [-0.15, -0.1) is 0 Å². The molecule has 3 aromatic rings. The van der Waals surface area contributed by atoms with Gasteiger partial charge in [0.1, 0.15) is 5.76 Å². The van der Waals surface area contributed by atoms with Gasteiger partial charge in [0.2, 0.25) is 0 Å². The van der Waals surface area contributed by atoms with Gasteiger partial charge in [0.25, 0.3) is 15.9 Å². The monoisotopic (exact) mass is 424 g/mol. The van der Waals surface area contributed by atoms with E-state index < -0.39 is 10.0 Å². The van der Waals surface area contributed by atoms with E-state index in [1.54, 1.807) is 41.5 Å². The highest BCUT2D eigenvalue weighted by Gasteiger charge is 2.34. The zero-order chi connectivity index (χ0) is 21.3. The number of sulfonamides is 1. The number of carbonyl (C=O) groups excluding carboxylic acids is 1. The lowest BCUT2D eigenvalue weighted by Crippen LogP contribution is -2.33. The van der Waals surface area contributed by atoms with Gasteiger partial charge in [-0.3, -0.25) is 9.10 Å². The van der Waals surface area contributed by atoms with Crippen molar-refractivity contribution in [2.75, 3.05) is 11.4 Å². The van der Waals surface area contributed by atoms with Gasteiger partial charge in [-0.1, -0.05) is 23.8 Å². The predicted molar refractivity (Wildman–Crippen MR) is 115 cm³/mol. The molecule has 0 bridgehead atoms. The maximum absolute atomic E-state index is 13.2. The molecule has 1 amide bonds. The molecule has 0 atom stereocenters. The van der Waals surface area contributed by atoms with Gasteiger partial charge in [0.05, 0.1) is 23.4 Å². The van der Waals surface area contributed by atoms with Crippen molar-refractivity contribution in [2.24, 2.45) is 0 Å². The molecular formula is C23H24N2O4S. The second-order valence-corrected chi connectivity index (χ2v) is 9.55. The van der Waals surface area contributed by atoms with E-state index >= 15 is 0 Å². The summed E-state index contributed by atoms with van der Waals surface area (Å²) in [5.41, 5.74) is 1.97. The Labute approximate surface area is 176 Å². The first-order valence-electron chi connectivity index (χ1n) is 9.85. The molecule has 0 radical (unpaired) electrons. The standard InChI is InChI=1S/C23H24N2O4S/c1-17-8-10-19(11-9-17)24(2)30(27,28)22-7-3-5-18(15-22)23(26)25(20-12-13-20)16-21-6-4-14-29-21/h3-11,14-15,20H,12-13,16H2,1-2H3. The lowest BCUT2D eigenvalue weighted by atomic mass is 10.2. The summed E-state index contributed by atoms with van der Waals surface area (Å²) in [6.45, 7) is 2.32. The Hall–Kier alpha value is -3.06. The molecule has 1 heterocycles. The van der Waals surface area contributed by atoms with E-state index in [0.717, 1.165) is 18.4 Å². The highest BCUT2D eigenvalue weighted by Crippen LogP contribution is 2.31. The third-order valence-electron chi connectivity index (χ3n) is 5.29. The van der Waals surface area contributed by atoms with Crippen LogP contribution in [0.1, 0.15) is 34.5 Å². The van der Waals surface area contributed by atoms with E-state index in [4.69, 9.17) is 4.42 Å². The summed E-state index contributed by atoms with van der Waals surface area (Å²) in [7, 11) is -2.28. The average molecular weight is 425 g/mol. The molecule has 2 aromatic carbocycles. The van der Waals surface area contributed by atoms with E-state index in [2.05, 4.69) is 0 Å². The van der Waals surface area contributed by atoms with E-state index in [1.807, 2.05) is 25.1 Å². The smallest absolute Gasteiger partial charge is 0.264 e. The summed E-state index contributed by atoms with van der Waals surface area (Å²) < 4.78 is 32.9. The number of rotatable bonds is 7. The number of furan rings is 1. The third kappa shape index (κ3) is 4.11. The molecule has 0 unspecified atom stereocenters. The number of hydrogen-bond donors (Lipinski definition) is 0. The van der Waals surface area contributed by atoms with Crippen LogP contribution in [0.3, 0.4) is 0 Å². The summed E-state index contributed by atoms with van der Waals surface area (Å²) in [6.07, 6.45) is 3.47. The lowest BCUT2D eigenvalue weighted by Gasteiger charge is -2.23. The van der Waals surface area contributed by atoms with Crippen LogP contribution >= 0.6 is 0 Å². The first-order valence-corrected chi connectivity index (χ1v) is 11.3. The number of carbonyl (C=O) groups is 1. The van der Waals surface area contributed by atoms with Gasteiger partial charge in [-0.05, 0) is 62.2 Å². The molecular weight excluding hydrogens is 400 g/mol. The Morgan fingerprint density at radius 2 is 1.80 bits per heavy atom. The van der Waals surface area contributed by atoms with Crippen molar-refractivity contribution in [1.82, 2.24) is 4.90 Å². The molecule has 0 N–H and O–H groups in total. The fourth-order valence-electron chi connectivity index (χ4n) is 3.33. The molecule has 4 rings (SSSR count). The van der Waals surface area contributed by atoms with Crippen LogP contribution in [-0.4, -0.2) is 32.3 Å². The fraction of sp³-hybridized carbons (Fsp3) is 0.261. The van der Waals surface area contributed by atoms with E-state index in [-0.39, 0.29) is 16.8 Å². The minimum absolute atomic E-state index is 0.0881. The third-order valence-corrected chi connectivity index (χ3v) is 7.07. The van der Waals surface area contributed by atoms with Gasteiger partial charge in [-0.25, -0.2) is 8.42 Å². The van der Waals surface area contributed by atoms with Crippen LogP contribution in [0.4, 0.5) is 5.69 Å². The molecule has 0 saturated heterocycles. The summed E-state index contributed by atoms with van der Waals surface area (Å²) in [5.74, 6) is 0.516. The molecule has 0 aliphatic heterocycles. The summed E-state index contributed by atoms with van der Waals surface area (Å²) in [6, 6.07) is 17.3. The molecule has 156 valence electrons. The normalized spacial score (nSPS) is 13.8. The Bertz CT molecular complexity index is 1130. The quantitative estimate of drug-likeness (QED) is 0.569. The van der Waals surface area contributed by atoms with Crippen molar-refractivity contribution >= 4 is 21.6 Å². The van der Waals surface area contributed by atoms with Gasteiger partial charge in [0, 0.05) is 18.7 Å². The highest BCUT2D eigenvalue weighted by molar-refractivity contribution is 7.92. The predicted octanol–water partition coefficient (Wildman–Crippen LogP) is 4.22. The molecule has 0 spiro atoms. The Kier molecular flexibility index (Phi) is 5.39. The highest BCUT2D eigenvalue weighted by atomic mass is 32.2. The molecule has 7 heteroatoms. The van der Waals surface area contributed by atoms with Crippen molar-refractivity contribution in [2.45, 2.75) is 37.2 Å². The Morgan fingerprint density at radius 1 is 1.07 bits per heavy atom. The fourth-order valence-corrected chi connectivity index (χ4v) is 4.57. The van der Waals surface area contributed by atoms with Crippen LogP contribution in [0, 0.1) is 6.92 Å². The van der Waals surface area contributed by atoms with Crippen LogP contribution in [0.2, 0.25) is 0 Å². The Balaban J connectivity index is 1.61. The lowest BCUT2D eigenvalue weighted by molar-refractivity contribution is 0.0717. The minimum atomic E-state index is -3.80. The maximum atomic E-state index is 13.2. The zero-order valence-corrected chi connectivity index (χ0v) is 17.8. The molecule has 1 saturated carbocycles. The molecule has 1 aliphatic rings. The topological polar surface area (TPSA) is 70.8 Å². The van der Waals surface area contributed by atoms with Crippen LogP contribution in [0.25, 0.3) is 0 Å². The largest absolute Gasteiger partial charge is 0.467 e. The molecule has 30 heavy (non-hydrogen) atoms. The summed E-state index contributed by atoms with van der Waals surface area (Å²) in [4.78, 5) is 15.0. The number of benzene rings is 2. The first kappa shape index (κ1) is 20.2. The SMILES string of the molecule is Cc1ccc(N(C)S(=O)(=O)c2cccc(C(=O)N(Cc3ccco3)C3CC3)c2)cc1. The Morgan fingerprint density at radius 3 is 2.43 bits per heavy atom. The number of hydrogen-bond acceptors (Lipinski definition) is 4. The van der Waals surface area contributed by atoms with Gasteiger partial charge < -0.3 is 9.32 Å². The van der Waals surface area contributed by atoms with Crippen molar-refractivity contribution in [1.29, 1.82) is 0 Å². The number of anilines is 1. The van der Waals surface area contributed by atoms with Crippen LogP contribution < -0.4 is 4.31 Å². The summed E-state index contributed by atoms with van der Waals surface area (Å²) >= 11 is 0. The first-order chi connectivity index (χ1) is 14.4. The number of aryl methyl sites for hydroxylation is 1. The van der Waals surface area contributed by atoms with Crippen molar-refractivity contribution in [3.63, 3.8) is 0 Å². The second kappa shape index (κ2) is 7.99. The number of nitrogens with zero attached hydrogens (tertiary/aromatic N) is 2. The van der Waals surface area contributed by atoms with Gasteiger partial charge in [-0.2, -0.15) is 0 Å². The van der Waals surface area contributed by atoms with Crippen LogP contribution in [0.15, 0.2) is 76.2 Å². The van der Waals surface area contributed by atoms with Gasteiger partial charge in [0.15, 0.2) is 0 Å². The van der Waals surface area contributed by atoms with E-state index in [9.17, 15) is 13.2 Å². The number of amides is 1. The summed E-state index contributed by atoms with van der Waals surface area (Å²) in [5, 5.41) is 0. The second-order valence-electron chi connectivity index (χ2n) is 7.58. The van der Waals surface area contributed by atoms with Crippen LogP contribution in [0.5, 0.6) is 0 Å². The van der Waals surface area contributed by atoms with Crippen molar-refractivity contribution in [3.05, 3.63) is 83.8 Å². The minimum Gasteiger partial charge on any atom is -0.467 e. The molecule has 1 aromatic heterocycles. The average Bonchev–Trinajstić information content (AvgIpc) is 3.47. The van der Waals surface area contributed by atoms with Crippen molar-refractivity contribution in [3.8, 4) is 0 Å². The molecule has 1 fully saturated rings. The van der Waals surface area contributed by atoms with Gasteiger partial charge >= 0.3 is 0 Å². The van der Waals surface area contributed by atoms with Crippen molar-refractivity contribution < 1.29 is 17.6 Å². The van der Waals surface area contributed by atoms with E-state index in [1.165, 1.54) is 23.5 Å². The molecule has 1 aliphatic carbocycles. The zero-order valence-electron chi connectivity index (χ0n) is 17.0.